The minimum atomic E-state index is -0.423. The van der Waals surface area contributed by atoms with Gasteiger partial charge in [0.1, 0.15) is 6.10 Å². The third-order valence-corrected chi connectivity index (χ3v) is 5.31. The maximum Gasteiger partial charge on any atom is 0.311 e. The Kier molecular flexibility index (Phi) is 1.000. The molecular formula is C12H16O3. The molecule has 4 rings (SSSR count). The van der Waals surface area contributed by atoms with E-state index in [1.54, 1.807) is 0 Å². The Hall–Kier alpha value is -0.570. The highest BCUT2D eigenvalue weighted by molar-refractivity contribution is 5.76. The molecule has 82 valence electrons. The number of carbonyl (C=O) groups is 1. The van der Waals surface area contributed by atoms with Gasteiger partial charge in [0.15, 0.2) is 0 Å². The Morgan fingerprint density at radius 1 is 1.47 bits per heavy atom. The summed E-state index contributed by atoms with van der Waals surface area (Å²) >= 11 is 0. The van der Waals surface area contributed by atoms with Crippen molar-refractivity contribution < 1.29 is 14.6 Å². The van der Waals surface area contributed by atoms with Crippen molar-refractivity contribution in [1.82, 2.24) is 0 Å². The van der Waals surface area contributed by atoms with Gasteiger partial charge in [-0.2, -0.15) is 0 Å². The maximum absolute atomic E-state index is 11.7. The molecule has 6 atom stereocenters. The Bertz CT molecular complexity index is 376. The fraction of sp³-hybridized carbons (Fsp3) is 0.917. The van der Waals surface area contributed by atoms with E-state index in [1.165, 1.54) is 0 Å². The largest absolute Gasteiger partial charge is 0.461 e. The molecule has 4 fully saturated rings. The highest BCUT2D eigenvalue weighted by Crippen LogP contribution is 3.05. The Balaban J connectivity index is 1.49. The zero-order valence-corrected chi connectivity index (χ0v) is 9.28. The van der Waals surface area contributed by atoms with Crippen LogP contribution in [-0.2, 0) is 9.53 Å². The van der Waals surface area contributed by atoms with Crippen LogP contribution in [0.15, 0.2) is 0 Å². The van der Waals surface area contributed by atoms with Gasteiger partial charge in [-0.15, -0.1) is 0 Å². The van der Waals surface area contributed by atoms with Gasteiger partial charge in [0.2, 0.25) is 0 Å². The lowest BCUT2D eigenvalue weighted by Gasteiger charge is -2.52. The normalized spacial score (nSPS) is 61.9. The Labute approximate surface area is 88.8 Å². The minimum Gasteiger partial charge on any atom is -0.461 e. The lowest BCUT2D eigenvalue weighted by atomic mass is 9.55. The van der Waals surface area contributed by atoms with Gasteiger partial charge in [-0.3, -0.25) is 4.79 Å². The molecule has 4 saturated carbocycles. The smallest absolute Gasteiger partial charge is 0.311 e. The molecule has 0 amide bonds. The summed E-state index contributed by atoms with van der Waals surface area (Å²) in [6.07, 6.45) is 1.11. The molecule has 0 bridgehead atoms. The van der Waals surface area contributed by atoms with Crippen LogP contribution >= 0.6 is 0 Å². The summed E-state index contributed by atoms with van der Waals surface area (Å²) in [6, 6.07) is 0. The summed E-state index contributed by atoms with van der Waals surface area (Å²) in [6.45, 7) is 5.61. The second kappa shape index (κ2) is 1.75. The molecule has 3 heteroatoms. The molecule has 0 radical (unpaired) electrons. The van der Waals surface area contributed by atoms with E-state index in [0.717, 1.165) is 6.42 Å². The van der Waals surface area contributed by atoms with Crippen LogP contribution in [0.5, 0.6) is 0 Å². The highest BCUT2D eigenvalue weighted by atomic mass is 16.6. The second-order valence-electron chi connectivity index (χ2n) is 6.75. The van der Waals surface area contributed by atoms with Gasteiger partial charge in [-0.25, -0.2) is 0 Å². The molecule has 4 aliphatic carbocycles. The van der Waals surface area contributed by atoms with Gasteiger partial charge in [-0.05, 0) is 33.1 Å². The third kappa shape index (κ3) is 0.551. The van der Waals surface area contributed by atoms with E-state index in [-0.39, 0.29) is 23.1 Å². The molecule has 0 saturated heterocycles. The van der Waals surface area contributed by atoms with Crippen molar-refractivity contribution in [3.63, 3.8) is 0 Å². The van der Waals surface area contributed by atoms with E-state index < -0.39 is 5.41 Å². The summed E-state index contributed by atoms with van der Waals surface area (Å²) < 4.78 is 5.52. The first kappa shape index (κ1) is 8.57. The molecule has 6 unspecified atom stereocenters. The standard InChI is InChI=1S/C12H16O3/c1-10(2,3)9(13)15-7-5-4-6-11(5)8(7)12(6,11)14/h5-8,14H,4H2,1-3H3. The summed E-state index contributed by atoms with van der Waals surface area (Å²) in [5, 5.41) is 10.1. The van der Waals surface area contributed by atoms with Crippen LogP contribution in [0.2, 0.25) is 0 Å². The van der Waals surface area contributed by atoms with Gasteiger partial charge >= 0.3 is 5.97 Å². The SMILES string of the molecule is CC(C)(C)C(=O)OC1C2CC3C4(O)C1C234. The van der Waals surface area contributed by atoms with Crippen molar-refractivity contribution in [1.29, 1.82) is 0 Å². The van der Waals surface area contributed by atoms with Gasteiger partial charge in [0.05, 0.1) is 11.0 Å². The van der Waals surface area contributed by atoms with Crippen LogP contribution in [0.25, 0.3) is 0 Å². The Morgan fingerprint density at radius 2 is 2.13 bits per heavy atom. The van der Waals surface area contributed by atoms with Crippen molar-refractivity contribution in [2.24, 2.45) is 28.6 Å². The quantitative estimate of drug-likeness (QED) is 0.653. The second-order valence-corrected chi connectivity index (χ2v) is 6.75. The molecule has 0 aliphatic heterocycles. The predicted octanol–water partition coefficient (Wildman–Crippen LogP) is 0.955. The van der Waals surface area contributed by atoms with Crippen molar-refractivity contribution in [2.45, 2.75) is 38.9 Å². The van der Waals surface area contributed by atoms with E-state index in [4.69, 9.17) is 4.74 Å². The first-order chi connectivity index (χ1) is 6.86. The monoisotopic (exact) mass is 208 g/mol. The summed E-state index contributed by atoms with van der Waals surface area (Å²) in [5.74, 6) is 1.24. The molecule has 0 aromatic rings. The summed E-state index contributed by atoms with van der Waals surface area (Å²) in [5.41, 5.74) is -0.552. The lowest BCUT2D eigenvalue weighted by molar-refractivity contribution is -0.197. The molecule has 0 aromatic carbocycles. The highest BCUT2D eigenvalue weighted by Gasteiger charge is 3.13. The van der Waals surface area contributed by atoms with Crippen molar-refractivity contribution in [3.8, 4) is 0 Å². The van der Waals surface area contributed by atoms with Crippen molar-refractivity contribution in [2.75, 3.05) is 0 Å². The number of hydrogen-bond acceptors (Lipinski definition) is 3. The molecular weight excluding hydrogens is 192 g/mol. The summed E-state index contributed by atoms with van der Waals surface area (Å²) in [7, 11) is 0. The molecule has 1 N–H and O–H groups in total. The zero-order valence-electron chi connectivity index (χ0n) is 9.28. The minimum absolute atomic E-state index is 0.0340. The number of fused-ring (bicyclic) bond motifs is 2. The van der Waals surface area contributed by atoms with E-state index in [2.05, 4.69) is 0 Å². The zero-order chi connectivity index (χ0) is 10.8. The van der Waals surface area contributed by atoms with E-state index in [9.17, 15) is 9.90 Å². The van der Waals surface area contributed by atoms with Gasteiger partial charge in [0, 0.05) is 17.3 Å². The van der Waals surface area contributed by atoms with Gasteiger partial charge < -0.3 is 9.84 Å². The molecule has 4 aliphatic rings. The fourth-order valence-corrected chi connectivity index (χ4v) is 4.45. The maximum atomic E-state index is 11.7. The van der Waals surface area contributed by atoms with Gasteiger partial charge in [-0.1, -0.05) is 0 Å². The molecule has 0 heterocycles. The molecule has 15 heavy (non-hydrogen) atoms. The van der Waals surface area contributed by atoms with E-state index in [0.29, 0.717) is 17.8 Å². The predicted molar refractivity (Wildman–Crippen MR) is 51.8 cm³/mol. The molecule has 3 nitrogen and oxygen atoms in total. The van der Waals surface area contributed by atoms with E-state index >= 15 is 0 Å². The van der Waals surface area contributed by atoms with Crippen LogP contribution in [0.1, 0.15) is 27.2 Å². The van der Waals surface area contributed by atoms with Crippen LogP contribution < -0.4 is 0 Å². The van der Waals surface area contributed by atoms with Crippen molar-refractivity contribution >= 4 is 5.97 Å². The Morgan fingerprint density at radius 3 is 2.47 bits per heavy atom. The first-order valence-electron chi connectivity index (χ1n) is 5.79. The number of aliphatic hydroxyl groups is 1. The van der Waals surface area contributed by atoms with Gasteiger partial charge in [0.25, 0.3) is 0 Å². The lowest BCUT2D eigenvalue weighted by Crippen LogP contribution is -2.57. The number of carbonyl (C=O) groups excluding carboxylic acids is 1. The number of esters is 1. The van der Waals surface area contributed by atoms with Crippen LogP contribution in [0, 0.1) is 28.6 Å². The molecule has 1 spiro atoms. The average molecular weight is 208 g/mol. The number of rotatable bonds is 1. The topological polar surface area (TPSA) is 46.5 Å². The average Bonchev–Trinajstić information content (AvgIpc) is 2.79. The first-order valence-corrected chi connectivity index (χ1v) is 5.79. The third-order valence-electron chi connectivity index (χ3n) is 5.31. The van der Waals surface area contributed by atoms with Crippen molar-refractivity contribution in [3.05, 3.63) is 0 Å². The fourth-order valence-electron chi connectivity index (χ4n) is 4.45. The van der Waals surface area contributed by atoms with Crippen LogP contribution in [0.4, 0.5) is 0 Å². The number of hydrogen-bond donors (Lipinski definition) is 1. The number of ether oxygens (including phenoxy) is 1. The van der Waals surface area contributed by atoms with E-state index in [1.807, 2.05) is 20.8 Å². The summed E-state index contributed by atoms with van der Waals surface area (Å²) in [4.78, 5) is 11.7. The molecule has 0 aromatic heterocycles. The van der Waals surface area contributed by atoms with Crippen LogP contribution in [0.3, 0.4) is 0 Å². The van der Waals surface area contributed by atoms with Crippen LogP contribution in [-0.4, -0.2) is 22.8 Å².